The van der Waals surface area contributed by atoms with Crippen molar-refractivity contribution in [3.8, 4) is 0 Å². The van der Waals surface area contributed by atoms with Gasteiger partial charge in [-0.2, -0.15) is 8.42 Å². The highest BCUT2D eigenvalue weighted by atomic mass is 32.2. The Morgan fingerprint density at radius 1 is 1.15 bits per heavy atom. The molecule has 20 heavy (non-hydrogen) atoms. The Balaban J connectivity index is 1.69. The number of aryl methyl sites for hydroxylation is 1. The lowest BCUT2D eigenvalue weighted by Crippen LogP contribution is -2.27. The van der Waals surface area contributed by atoms with Gasteiger partial charge in [-0.15, -0.1) is 0 Å². The largest absolute Gasteiger partial charge is 0.366 e. The van der Waals surface area contributed by atoms with Gasteiger partial charge >= 0.3 is 0 Å². The minimum Gasteiger partial charge on any atom is -0.366 e. The van der Waals surface area contributed by atoms with Gasteiger partial charge in [-0.1, -0.05) is 36.8 Å². The summed E-state index contributed by atoms with van der Waals surface area (Å²) < 4.78 is 35.2. The summed E-state index contributed by atoms with van der Waals surface area (Å²) in [5.41, 5.74) is 1.02. The van der Waals surface area contributed by atoms with Gasteiger partial charge in [-0.3, -0.25) is 4.18 Å². The highest BCUT2D eigenvalue weighted by molar-refractivity contribution is 7.86. The number of hydrogen-bond acceptors (Lipinski definition) is 4. The Morgan fingerprint density at radius 2 is 1.80 bits per heavy atom. The molecular formula is C15H18O4S. The summed E-state index contributed by atoms with van der Waals surface area (Å²) in [7, 11) is -3.68. The molecule has 4 atom stereocenters. The molecule has 0 saturated carbocycles. The van der Waals surface area contributed by atoms with Gasteiger partial charge in [0.25, 0.3) is 10.1 Å². The standard InChI is InChI=1S/C15H18O4S/c1-10-3-5-12(6-4-10)20(16,17)18-9-13-11(2)14-7-8-15(13)19-14/h3-8,11,13-15H,9H2,1-2H3/t11-,13+,14?,15?/m1/s1. The van der Waals surface area contributed by atoms with Gasteiger partial charge in [0.2, 0.25) is 0 Å². The van der Waals surface area contributed by atoms with Crippen molar-refractivity contribution >= 4 is 10.1 Å². The van der Waals surface area contributed by atoms with E-state index >= 15 is 0 Å². The molecule has 0 aliphatic carbocycles. The third kappa shape index (κ3) is 2.41. The van der Waals surface area contributed by atoms with Gasteiger partial charge in [0.1, 0.15) is 0 Å². The summed E-state index contributed by atoms with van der Waals surface area (Å²) >= 11 is 0. The van der Waals surface area contributed by atoms with Crippen LogP contribution in [0.5, 0.6) is 0 Å². The van der Waals surface area contributed by atoms with Crippen molar-refractivity contribution in [2.45, 2.75) is 31.0 Å². The van der Waals surface area contributed by atoms with E-state index < -0.39 is 10.1 Å². The second kappa shape index (κ2) is 4.98. The zero-order valence-electron chi connectivity index (χ0n) is 11.5. The van der Waals surface area contributed by atoms with Gasteiger partial charge in [-0.05, 0) is 25.0 Å². The fourth-order valence-corrected chi connectivity index (χ4v) is 3.71. The fraction of sp³-hybridized carbons (Fsp3) is 0.467. The maximum atomic E-state index is 12.1. The smallest absolute Gasteiger partial charge is 0.296 e. The van der Waals surface area contributed by atoms with Gasteiger partial charge in [0.05, 0.1) is 23.7 Å². The van der Waals surface area contributed by atoms with Gasteiger partial charge < -0.3 is 4.74 Å². The zero-order valence-corrected chi connectivity index (χ0v) is 12.3. The maximum Gasteiger partial charge on any atom is 0.296 e. The number of fused-ring (bicyclic) bond motifs is 2. The van der Waals surface area contributed by atoms with Crippen molar-refractivity contribution in [3.63, 3.8) is 0 Å². The highest BCUT2D eigenvalue weighted by Gasteiger charge is 2.43. The van der Waals surface area contributed by atoms with Crippen molar-refractivity contribution < 1.29 is 17.3 Å². The summed E-state index contributed by atoms with van der Waals surface area (Å²) in [6, 6.07) is 6.68. The van der Waals surface area contributed by atoms with Crippen LogP contribution in [0.4, 0.5) is 0 Å². The molecule has 1 aromatic carbocycles. The SMILES string of the molecule is Cc1ccc(S(=O)(=O)OC[C@@H]2C3C=CC(O3)[C@@H]2C)cc1. The van der Waals surface area contributed by atoms with E-state index in [4.69, 9.17) is 8.92 Å². The molecule has 2 heterocycles. The molecule has 0 amide bonds. The van der Waals surface area contributed by atoms with Crippen molar-refractivity contribution in [1.29, 1.82) is 0 Å². The molecule has 2 bridgehead atoms. The minimum absolute atomic E-state index is 0.0109. The number of ether oxygens (including phenoxy) is 1. The average Bonchev–Trinajstić information content (AvgIpc) is 2.98. The Hall–Kier alpha value is -1.17. The van der Waals surface area contributed by atoms with Crippen molar-refractivity contribution in [1.82, 2.24) is 0 Å². The molecule has 4 nitrogen and oxygen atoms in total. The lowest BCUT2D eigenvalue weighted by molar-refractivity contribution is 0.0972. The topological polar surface area (TPSA) is 52.6 Å². The molecule has 108 valence electrons. The average molecular weight is 294 g/mol. The molecule has 2 unspecified atom stereocenters. The minimum atomic E-state index is -3.68. The Bertz CT molecular complexity index is 618. The van der Waals surface area contributed by atoms with E-state index in [-0.39, 0.29) is 29.6 Å². The fourth-order valence-electron chi connectivity index (χ4n) is 2.76. The summed E-state index contributed by atoms with van der Waals surface area (Å²) in [6.45, 7) is 4.15. The summed E-state index contributed by atoms with van der Waals surface area (Å²) in [6.07, 6.45) is 4.14. The van der Waals surface area contributed by atoms with E-state index in [1.165, 1.54) is 0 Å². The Morgan fingerprint density at radius 3 is 2.40 bits per heavy atom. The molecule has 1 fully saturated rings. The molecule has 1 saturated heterocycles. The van der Waals surface area contributed by atoms with Crippen molar-refractivity contribution in [2.75, 3.05) is 6.61 Å². The van der Waals surface area contributed by atoms with Crippen LogP contribution < -0.4 is 0 Å². The Kier molecular flexibility index (Phi) is 3.44. The number of benzene rings is 1. The lowest BCUT2D eigenvalue weighted by atomic mass is 9.85. The highest BCUT2D eigenvalue weighted by Crippen LogP contribution is 2.39. The van der Waals surface area contributed by atoms with Crippen LogP contribution in [0.3, 0.4) is 0 Å². The molecule has 0 radical (unpaired) electrons. The third-order valence-electron chi connectivity index (χ3n) is 4.15. The number of hydrogen-bond donors (Lipinski definition) is 0. The van der Waals surface area contributed by atoms with Gasteiger partial charge in [0, 0.05) is 5.92 Å². The van der Waals surface area contributed by atoms with Gasteiger partial charge in [-0.25, -0.2) is 0 Å². The predicted octanol–water partition coefficient (Wildman–Crippen LogP) is 2.29. The van der Waals surface area contributed by atoms with E-state index in [0.29, 0.717) is 5.92 Å². The van der Waals surface area contributed by atoms with Crippen LogP contribution in [-0.4, -0.2) is 27.2 Å². The van der Waals surface area contributed by atoms with E-state index in [1.807, 2.05) is 19.1 Å². The first-order valence-electron chi connectivity index (χ1n) is 6.77. The Labute approximate surface area is 119 Å². The zero-order chi connectivity index (χ0) is 14.3. The second-order valence-electron chi connectivity index (χ2n) is 5.52. The number of rotatable bonds is 4. The first kappa shape index (κ1) is 13.8. The molecule has 0 spiro atoms. The molecule has 2 aliphatic rings. The monoisotopic (exact) mass is 294 g/mol. The summed E-state index contributed by atoms with van der Waals surface area (Å²) in [4.78, 5) is 0.204. The molecule has 0 N–H and O–H groups in total. The van der Waals surface area contributed by atoms with Crippen molar-refractivity contribution in [3.05, 3.63) is 42.0 Å². The van der Waals surface area contributed by atoms with E-state index in [1.54, 1.807) is 24.3 Å². The molecular weight excluding hydrogens is 276 g/mol. The first-order chi connectivity index (χ1) is 9.47. The van der Waals surface area contributed by atoms with Crippen LogP contribution in [0, 0.1) is 18.8 Å². The molecule has 0 aromatic heterocycles. The van der Waals surface area contributed by atoms with Crippen LogP contribution in [0.25, 0.3) is 0 Å². The quantitative estimate of drug-likeness (QED) is 0.631. The van der Waals surface area contributed by atoms with Crippen molar-refractivity contribution in [2.24, 2.45) is 11.8 Å². The second-order valence-corrected chi connectivity index (χ2v) is 7.14. The van der Waals surface area contributed by atoms with E-state index in [9.17, 15) is 8.42 Å². The van der Waals surface area contributed by atoms with Crippen LogP contribution in [0.15, 0.2) is 41.3 Å². The van der Waals surface area contributed by atoms with Gasteiger partial charge in [0.15, 0.2) is 0 Å². The van der Waals surface area contributed by atoms with E-state index in [0.717, 1.165) is 5.56 Å². The third-order valence-corrected chi connectivity index (χ3v) is 5.44. The predicted molar refractivity (Wildman–Crippen MR) is 74.8 cm³/mol. The molecule has 1 aromatic rings. The lowest BCUT2D eigenvalue weighted by Gasteiger charge is -2.21. The summed E-state index contributed by atoms with van der Waals surface area (Å²) in [5.74, 6) is 0.392. The molecule has 2 aliphatic heterocycles. The van der Waals surface area contributed by atoms with Crippen LogP contribution in [-0.2, 0) is 19.0 Å². The normalized spacial score (nSPS) is 31.9. The molecule has 5 heteroatoms. The van der Waals surface area contributed by atoms with Crippen LogP contribution in [0.1, 0.15) is 12.5 Å². The first-order valence-corrected chi connectivity index (χ1v) is 8.18. The van der Waals surface area contributed by atoms with Crippen LogP contribution in [0.2, 0.25) is 0 Å². The van der Waals surface area contributed by atoms with E-state index in [2.05, 4.69) is 6.92 Å². The summed E-state index contributed by atoms with van der Waals surface area (Å²) in [5, 5.41) is 0. The van der Waals surface area contributed by atoms with Crippen LogP contribution >= 0.6 is 0 Å². The maximum absolute atomic E-state index is 12.1. The molecule has 3 rings (SSSR count).